The van der Waals surface area contributed by atoms with Crippen molar-refractivity contribution in [2.24, 2.45) is 5.92 Å². The third kappa shape index (κ3) is 2.61. The minimum Gasteiger partial charge on any atom is -0.368 e. The van der Waals surface area contributed by atoms with Gasteiger partial charge in [-0.1, -0.05) is 12.8 Å². The highest BCUT2D eigenvalue weighted by Crippen LogP contribution is 2.46. The van der Waals surface area contributed by atoms with Crippen molar-refractivity contribution in [2.75, 3.05) is 25.0 Å². The van der Waals surface area contributed by atoms with Crippen molar-refractivity contribution in [1.82, 2.24) is 29.9 Å². The summed E-state index contributed by atoms with van der Waals surface area (Å²) >= 11 is 0. The molecule has 1 aliphatic heterocycles. The largest absolute Gasteiger partial charge is 0.368 e. The van der Waals surface area contributed by atoms with Crippen LogP contribution in [0.3, 0.4) is 0 Å². The Morgan fingerprint density at radius 2 is 2.23 bits per heavy atom. The highest BCUT2D eigenvalue weighted by atomic mass is 16.5. The summed E-state index contributed by atoms with van der Waals surface area (Å²) in [5, 5.41) is 15.2. The Balaban J connectivity index is 1.26. The molecule has 9 nitrogen and oxygen atoms in total. The van der Waals surface area contributed by atoms with Crippen LogP contribution in [0.2, 0.25) is 0 Å². The van der Waals surface area contributed by atoms with Crippen molar-refractivity contribution < 1.29 is 9.53 Å². The first kappa shape index (κ1) is 15.9. The van der Waals surface area contributed by atoms with E-state index in [-0.39, 0.29) is 24.2 Å². The van der Waals surface area contributed by atoms with Gasteiger partial charge in [0.15, 0.2) is 5.82 Å². The van der Waals surface area contributed by atoms with Crippen LogP contribution >= 0.6 is 0 Å². The van der Waals surface area contributed by atoms with Gasteiger partial charge in [0.05, 0.1) is 17.8 Å². The van der Waals surface area contributed by atoms with Crippen LogP contribution in [0, 0.1) is 5.92 Å². The Kier molecular flexibility index (Phi) is 3.77. The summed E-state index contributed by atoms with van der Waals surface area (Å²) in [6, 6.07) is 0. The number of fused-ring (bicyclic) bond motifs is 2. The van der Waals surface area contributed by atoms with E-state index in [2.05, 4.69) is 25.8 Å². The predicted octanol–water partition coefficient (Wildman–Crippen LogP) is 0.881. The topological polar surface area (TPSA) is 97.5 Å². The SMILES string of the molecule is O=C(COC1CCCC1)N1CC2CCC2(Nc2nccn3nnnc23)C1. The van der Waals surface area contributed by atoms with Crippen LogP contribution in [0.25, 0.3) is 5.65 Å². The third-order valence-electron chi connectivity index (χ3n) is 6.22. The zero-order valence-corrected chi connectivity index (χ0v) is 14.7. The molecule has 26 heavy (non-hydrogen) atoms. The first-order valence-corrected chi connectivity index (χ1v) is 9.44. The first-order chi connectivity index (χ1) is 12.7. The molecule has 0 aromatic carbocycles. The zero-order valence-electron chi connectivity index (χ0n) is 14.7. The molecule has 1 saturated heterocycles. The number of aromatic nitrogens is 5. The molecule has 3 heterocycles. The van der Waals surface area contributed by atoms with Crippen molar-refractivity contribution in [3.05, 3.63) is 12.4 Å². The monoisotopic (exact) mass is 357 g/mol. The first-order valence-electron chi connectivity index (χ1n) is 9.44. The van der Waals surface area contributed by atoms with Crippen LogP contribution in [0.4, 0.5) is 5.82 Å². The summed E-state index contributed by atoms with van der Waals surface area (Å²) in [6.45, 7) is 1.68. The maximum atomic E-state index is 12.6. The van der Waals surface area contributed by atoms with Crippen LogP contribution in [0.15, 0.2) is 12.4 Å². The highest BCUT2D eigenvalue weighted by molar-refractivity contribution is 5.78. The molecule has 9 heteroatoms. The van der Waals surface area contributed by atoms with Gasteiger partial charge in [-0.15, -0.1) is 5.10 Å². The standard InChI is InChI=1S/C17H23N7O2/c25-14(10-26-13-3-1-2-4-13)23-9-12-5-6-17(12,11-23)19-15-16-20-21-22-24(16)8-7-18-15/h7-8,12-13H,1-6,9-11H2,(H,18,19). The molecular formula is C17H23N7O2. The smallest absolute Gasteiger partial charge is 0.248 e. The summed E-state index contributed by atoms with van der Waals surface area (Å²) in [5.41, 5.74) is 0.492. The molecule has 5 rings (SSSR count). The van der Waals surface area contributed by atoms with E-state index in [1.54, 1.807) is 16.9 Å². The van der Waals surface area contributed by atoms with Gasteiger partial charge in [0.1, 0.15) is 6.61 Å². The van der Waals surface area contributed by atoms with E-state index in [1.807, 2.05) is 4.90 Å². The number of rotatable bonds is 5. The van der Waals surface area contributed by atoms with Crippen molar-refractivity contribution in [3.8, 4) is 0 Å². The molecular weight excluding hydrogens is 334 g/mol. The lowest BCUT2D eigenvalue weighted by atomic mass is 9.69. The zero-order chi connectivity index (χ0) is 17.6. The lowest BCUT2D eigenvalue weighted by Gasteiger charge is -2.44. The van der Waals surface area contributed by atoms with Crippen LogP contribution in [0.1, 0.15) is 38.5 Å². The van der Waals surface area contributed by atoms with E-state index in [9.17, 15) is 4.79 Å². The number of carbonyl (C=O) groups excluding carboxylic acids is 1. The fraction of sp³-hybridized carbons (Fsp3) is 0.706. The van der Waals surface area contributed by atoms with Crippen LogP contribution in [0.5, 0.6) is 0 Å². The second-order valence-electron chi connectivity index (χ2n) is 7.73. The normalized spacial score (nSPS) is 28.3. The number of hydrogen-bond donors (Lipinski definition) is 1. The molecule has 0 radical (unpaired) electrons. The van der Waals surface area contributed by atoms with E-state index in [0.717, 1.165) is 32.2 Å². The number of ether oxygens (including phenoxy) is 1. The van der Waals surface area contributed by atoms with Crippen molar-refractivity contribution in [1.29, 1.82) is 0 Å². The second-order valence-corrected chi connectivity index (χ2v) is 7.73. The summed E-state index contributed by atoms with van der Waals surface area (Å²) in [5.74, 6) is 1.22. The molecule has 2 unspecified atom stereocenters. The van der Waals surface area contributed by atoms with Crippen LogP contribution < -0.4 is 5.32 Å². The summed E-state index contributed by atoms with van der Waals surface area (Å²) in [6.07, 6.45) is 10.4. The third-order valence-corrected chi connectivity index (χ3v) is 6.22. The lowest BCUT2D eigenvalue weighted by molar-refractivity contribution is -0.137. The Morgan fingerprint density at radius 3 is 3.04 bits per heavy atom. The number of likely N-dealkylation sites (tertiary alicyclic amines) is 1. The van der Waals surface area contributed by atoms with Crippen LogP contribution in [-0.2, 0) is 9.53 Å². The van der Waals surface area contributed by atoms with E-state index in [1.165, 1.54) is 12.8 Å². The van der Waals surface area contributed by atoms with Gasteiger partial charge in [-0.25, -0.2) is 4.98 Å². The quantitative estimate of drug-likeness (QED) is 0.848. The fourth-order valence-electron chi connectivity index (χ4n) is 4.57. The van der Waals surface area contributed by atoms with Gasteiger partial charge in [-0.3, -0.25) is 4.79 Å². The van der Waals surface area contributed by atoms with Crippen molar-refractivity contribution >= 4 is 17.4 Å². The Hall–Kier alpha value is -2.29. The minimum atomic E-state index is -0.121. The predicted molar refractivity (Wildman–Crippen MR) is 92.4 cm³/mol. The maximum absolute atomic E-state index is 12.6. The fourth-order valence-corrected chi connectivity index (χ4v) is 4.57. The number of anilines is 1. The Morgan fingerprint density at radius 1 is 1.35 bits per heavy atom. The number of carbonyl (C=O) groups is 1. The molecule has 2 aromatic heterocycles. The number of nitrogens with zero attached hydrogens (tertiary/aromatic N) is 6. The molecule has 0 bridgehead atoms. The maximum Gasteiger partial charge on any atom is 0.248 e. The van der Waals surface area contributed by atoms with E-state index >= 15 is 0 Å². The van der Waals surface area contributed by atoms with Gasteiger partial charge in [0.2, 0.25) is 11.6 Å². The molecule has 2 saturated carbocycles. The summed E-state index contributed by atoms with van der Waals surface area (Å²) in [7, 11) is 0. The Labute approximate surface area is 151 Å². The van der Waals surface area contributed by atoms with Gasteiger partial charge >= 0.3 is 0 Å². The van der Waals surface area contributed by atoms with Gasteiger partial charge in [-0.2, -0.15) is 4.52 Å². The summed E-state index contributed by atoms with van der Waals surface area (Å²) in [4.78, 5) is 19.0. The number of tetrazole rings is 1. The Bertz CT molecular complexity index is 818. The molecule has 3 fully saturated rings. The van der Waals surface area contributed by atoms with Crippen molar-refractivity contribution in [2.45, 2.75) is 50.2 Å². The number of nitrogens with one attached hydrogen (secondary N) is 1. The molecule has 0 spiro atoms. The second kappa shape index (κ2) is 6.15. The molecule has 2 aromatic rings. The van der Waals surface area contributed by atoms with E-state index in [4.69, 9.17) is 4.74 Å². The molecule has 3 aliphatic rings. The average molecular weight is 357 g/mol. The van der Waals surface area contributed by atoms with Gasteiger partial charge in [-0.05, 0) is 36.1 Å². The minimum absolute atomic E-state index is 0.0998. The molecule has 1 N–H and O–H groups in total. The molecule has 138 valence electrons. The van der Waals surface area contributed by atoms with Gasteiger partial charge < -0.3 is 15.0 Å². The molecule has 2 aliphatic carbocycles. The number of hydrogen-bond acceptors (Lipinski definition) is 7. The van der Waals surface area contributed by atoms with Gasteiger partial charge in [0, 0.05) is 25.2 Å². The summed E-state index contributed by atoms with van der Waals surface area (Å²) < 4.78 is 7.42. The number of amides is 1. The molecule has 1 amide bonds. The van der Waals surface area contributed by atoms with Crippen molar-refractivity contribution in [3.63, 3.8) is 0 Å². The highest BCUT2D eigenvalue weighted by Gasteiger charge is 2.54. The van der Waals surface area contributed by atoms with E-state index in [0.29, 0.717) is 23.9 Å². The van der Waals surface area contributed by atoms with E-state index < -0.39 is 0 Å². The lowest BCUT2D eigenvalue weighted by Crippen LogP contribution is -2.53. The van der Waals surface area contributed by atoms with Crippen LogP contribution in [-0.4, -0.2) is 67.2 Å². The molecule has 2 atom stereocenters. The van der Waals surface area contributed by atoms with Gasteiger partial charge in [0.25, 0.3) is 0 Å². The average Bonchev–Trinajstić information content (AvgIpc) is 3.36.